The number of hydrogen-bond acceptors (Lipinski definition) is 5. The van der Waals surface area contributed by atoms with E-state index in [1.807, 2.05) is 37.3 Å². The van der Waals surface area contributed by atoms with Gasteiger partial charge < -0.3 is 24.5 Å². The molecule has 2 atom stereocenters. The van der Waals surface area contributed by atoms with Crippen LogP contribution in [-0.2, 0) is 20.5 Å². The van der Waals surface area contributed by atoms with Gasteiger partial charge in [0.25, 0.3) is 0 Å². The SMILES string of the molecule is COc1ccc2c(c1)[S+](c1ccc(C)cc1)CC(C(F)(F)F)[NH2+]2.O=C([O-])C(F)(F)F.O=C([O-])C(F)(F)F. The monoisotopic (exact) mass is 567 g/mol. The van der Waals surface area contributed by atoms with Crippen LogP contribution in [0.5, 0.6) is 5.75 Å². The highest BCUT2D eigenvalue weighted by molar-refractivity contribution is 7.97. The molecule has 0 radical (unpaired) electrons. The molecule has 0 bridgehead atoms. The Morgan fingerprint density at radius 2 is 1.35 bits per heavy atom. The van der Waals surface area contributed by atoms with Crippen molar-refractivity contribution < 1.29 is 69.4 Å². The number of fused-ring (bicyclic) bond motifs is 1. The highest BCUT2D eigenvalue weighted by Crippen LogP contribution is 2.36. The largest absolute Gasteiger partial charge is 0.542 e. The van der Waals surface area contributed by atoms with Crippen LogP contribution in [-0.4, -0.2) is 49.4 Å². The predicted molar refractivity (Wildman–Crippen MR) is 106 cm³/mol. The highest BCUT2D eigenvalue weighted by Gasteiger charge is 2.53. The number of carbonyl (C=O) groups is 2. The topological polar surface area (TPSA) is 106 Å². The number of aliphatic carboxylic acids is 2. The van der Waals surface area contributed by atoms with Crippen molar-refractivity contribution in [3.63, 3.8) is 0 Å². The van der Waals surface area contributed by atoms with Crippen LogP contribution >= 0.6 is 0 Å². The van der Waals surface area contributed by atoms with Gasteiger partial charge in [-0.05, 0) is 25.1 Å². The number of carboxylic acid groups (broad SMARTS) is 2. The molecule has 6 nitrogen and oxygen atoms in total. The van der Waals surface area contributed by atoms with E-state index in [0.717, 1.165) is 15.4 Å². The number of nitrogens with two attached hydrogens (primary N) is 1. The summed E-state index contributed by atoms with van der Waals surface area (Å²) >= 11 is 0. The average Bonchev–Trinajstić information content (AvgIpc) is 2.77. The van der Waals surface area contributed by atoms with Gasteiger partial charge in [-0.3, -0.25) is 5.32 Å². The molecule has 0 saturated carbocycles. The van der Waals surface area contributed by atoms with E-state index < -0.39 is 47.4 Å². The molecule has 16 heteroatoms. The fourth-order valence-corrected chi connectivity index (χ4v) is 5.06. The van der Waals surface area contributed by atoms with E-state index in [9.17, 15) is 39.5 Å². The summed E-state index contributed by atoms with van der Waals surface area (Å²) in [6, 6.07) is 11.6. The van der Waals surface area contributed by atoms with Crippen LogP contribution in [0.15, 0.2) is 52.3 Å². The number of rotatable bonds is 2. The van der Waals surface area contributed by atoms with Gasteiger partial charge in [0.15, 0.2) is 16.3 Å². The van der Waals surface area contributed by atoms with E-state index in [-0.39, 0.29) is 5.75 Å². The summed E-state index contributed by atoms with van der Waals surface area (Å²) in [6.45, 7) is 1.97. The first-order chi connectivity index (χ1) is 16.8. The Balaban J connectivity index is 0.000000404. The van der Waals surface area contributed by atoms with Crippen molar-refractivity contribution >= 4 is 28.5 Å². The van der Waals surface area contributed by atoms with Crippen LogP contribution in [0.3, 0.4) is 0 Å². The summed E-state index contributed by atoms with van der Waals surface area (Å²) in [5.74, 6) is -5.28. The first-order valence-electron chi connectivity index (χ1n) is 9.70. The Kier molecular flexibility index (Phi) is 10.7. The lowest BCUT2D eigenvalue weighted by Crippen LogP contribution is -2.91. The molecule has 0 aliphatic carbocycles. The van der Waals surface area contributed by atoms with E-state index in [2.05, 4.69) is 0 Å². The first-order valence-corrected chi connectivity index (χ1v) is 11.1. The summed E-state index contributed by atoms with van der Waals surface area (Å²) in [5, 5.41) is 18.9. The van der Waals surface area contributed by atoms with Crippen molar-refractivity contribution in [1.29, 1.82) is 0 Å². The maximum Gasteiger partial charge on any atom is 0.446 e. The van der Waals surface area contributed by atoms with Gasteiger partial charge >= 0.3 is 18.5 Å². The first kappa shape index (κ1) is 31.9. The molecule has 2 aromatic carbocycles. The second-order valence-electron chi connectivity index (χ2n) is 7.16. The molecule has 0 fully saturated rings. The molecule has 0 saturated heterocycles. The van der Waals surface area contributed by atoms with Gasteiger partial charge in [-0.25, -0.2) is 0 Å². The third-order valence-electron chi connectivity index (χ3n) is 4.40. The summed E-state index contributed by atoms with van der Waals surface area (Å²) in [7, 11) is 0.955. The van der Waals surface area contributed by atoms with E-state index >= 15 is 0 Å². The number of carboxylic acids is 2. The van der Waals surface area contributed by atoms with Crippen molar-refractivity contribution in [3.8, 4) is 5.75 Å². The molecule has 2 N–H and O–H groups in total. The van der Waals surface area contributed by atoms with E-state index in [1.54, 1.807) is 19.2 Å². The number of benzene rings is 2. The molecule has 1 aliphatic heterocycles. The van der Waals surface area contributed by atoms with Gasteiger partial charge in [-0.2, -0.15) is 39.5 Å². The van der Waals surface area contributed by atoms with Crippen molar-refractivity contribution in [3.05, 3.63) is 48.0 Å². The number of halogens is 9. The third kappa shape index (κ3) is 10.0. The molecule has 0 spiro atoms. The van der Waals surface area contributed by atoms with E-state index in [4.69, 9.17) is 24.5 Å². The Morgan fingerprint density at radius 3 is 1.73 bits per heavy atom. The number of alkyl halides is 9. The van der Waals surface area contributed by atoms with Crippen LogP contribution in [0.25, 0.3) is 0 Å². The van der Waals surface area contributed by atoms with E-state index in [1.165, 1.54) is 5.32 Å². The Labute approximate surface area is 206 Å². The summed E-state index contributed by atoms with van der Waals surface area (Å²) in [6.07, 6.45) is -14.6. The predicted octanol–water partition coefficient (Wildman–Crippen LogP) is 1.78. The van der Waals surface area contributed by atoms with Gasteiger partial charge in [-0.1, -0.05) is 17.7 Å². The molecule has 0 amide bonds. The summed E-state index contributed by atoms with van der Waals surface area (Å²) in [4.78, 5) is 19.4. The molecule has 1 heterocycles. The van der Waals surface area contributed by atoms with Crippen molar-refractivity contribution in [2.75, 3.05) is 12.9 Å². The van der Waals surface area contributed by atoms with Crippen molar-refractivity contribution in [2.24, 2.45) is 0 Å². The van der Waals surface area contributed by atoms with Crippen molar-refractivity contribution in [2.45, 2.75) is 41.3 Å². The molecule has 2 aromatic rings. The highest BCUT2D eigenvalue weighted by atomic mass is 32.2. The van der Waals surface area contributed by atoms with Crippen LogP contribution in [0, 0.1) is 6.92 Å². The fraction of sp³-hybridized carbons (Fsp3) is 0.333. The standard InChI is InChI=1S/C17H17F3NOS.2C2HF3O2/c1-11-3-6-13(7-4-11)23-10-16(17(18,19)20)21-14-8-5-12(22-2)9-15(14)23;2*3-2(4,5)1(6)7/h3-9,16,21H,10H2,1-2H3;2*(H,6,7)/q+1;;/p-1. The minimum Gasteiger partial charge on any atom is -0.542 e. The van der Waals surface area contributed by atoms with Gasteiger partial charge in [0, 0.05) is 12.1 Å². The van der Waals surface area contributed by atoms with Gasteiger partial charge in [0.05, 0.1) is 18.0 Å². The van der Waals surface area contributed by atoms with Gasteiger partial charge in [0.1, 0.15) is 17.7 Å². The Morgan fingerprint density at radius 1 is 0.892 bits per heavy atom. The number of quaternary nitrogens is 1. The molecule has 3 rings (SSSR count). The molecule has 0 aromatic heterocycles. The smallest absolute Gasteiger partial charge is 0.446 e. The number of methoxy groups -OCH3 is 1. The molecule has 37 heavy (non-hydrogen) atoms. The zero-order chi connectivity index (χ0) is 28.8. The lowest BCUT2D eigenvalue weighted by molar-refractivity contribution is -0.640. The minimum absolute atomic E-state index is 0.0622. The van der Waals surface area contributed by atoms with Crippen LogP contribution in [0.2, 0.25) is 0 Å². The number of ether oxygens (including phenoxy) is 1. The van der Waals surface area contributed by atoms with Crippen molar-refractivity contribution in [1.82, 2.24) is 0 Å². The Bertz CT molecular complexity index is 1050. The Hall–Kier alpha value is -3.14. The average molecular weight is 567 g/mol. The zero-order valence-corrected chi connectivity index (χ0v) is 19.6. The second-order valence-corrected chi connectivity index (χ2v) is 9.19. The molecular weight excluding hydrogens is 549 g/mol. The number of aryl methyl sites for hydroxylation is 1. The quantitative estimate of drug-likeness (QED) is 0.339. The molecular formula is C21H18F9NO5S. The lowest BCUT2D eigenvalue weighted by Gasteiger charge is -2.24. The maximum absolute atomic E-state index is 13.3. The minimum atomic E-state index is -5.19. The van der Waals surface area contributed by atoms with Crippen LogP contribution in [0.4, 0.5) is 45.2 Å². The normalized spacial score (nSPS) is 17.3. The van der Waals surface area contributed by atoms with Gasteiger partial charge in [-0.15, -0.1) is 0 Å². The fourth-order valence-electron chi connectivity index (χ4n) is 2.64. The second kappa shape index (κ2) is 12.4. The van der Waals surface area contributed by atoms with Crippen LogP contribution < -0.4 is 20.3 Å². The number of carbonyl (C=O) groups excluding carboxylic acids is 2. The van der Waals surface area contributed by atoms with Gasteiger partial charge in [0.2, 0.25) is 10.9 Å². The molecule has 1 aliphatic rings. The van der Waals surface area contributed by atoms with Crippen LogP contribution in [0.1, 0.15) is 5.56 Å². The molecule has 2 unspecified atom stereocenters. The lowest BCUT2D eigenvalue weighted by atomic mass is 10.2. The third-order valence-corrected chi connectivity index (χ3v) is 6.82. The maximum atomic E-state index is 13.3. The summed E-state index contributed by atoms with van der Waals surface area (Å²) < 4.78 is 108. The number of hydrogen-bond donors (Lipinski definition) is 1. The van der Waals surface area contributed by atoms with E-state index in [0.29, 0.717) is 11.4 Å². The molecule has 206 valence electrons. The zero-order valence-electron chi connectivity index (χ0n) is 18.8. The summed E-state index contributed by atoms with van der Waals surface area (Å²) in [5.41, 5.74) is 1.75.